The van der Waals surface area contributed by atoms with Crippen molar-refractivity contribution in [2.75, 3.05) is 25.6 Å². The highest BCUT2D eigenvalue weighted by Crippen LogP contribution is 2.18. The van der Waals surface area contributed by atoms with Gasteiger partial charge in [0.05, 0.1) is 0 Å². The number of benzene rings is 1. The van der Waals surface area contributed by atoms with Crippen LogP contribution in [-0.2, 0) is 4.79 Å². The Morgan fingerprint density at radius 3 is 2.53 bits per heavy atom. The summed E-state index contributed by atoms with van der Waals surface area (Å²) in [7, 11) is 0. The average Bonchev–Trinajstić information content (AvgIpc) is 2.46. The summed E-state index contributed by atoms with van der Waals surface area (Å²) >= 11 is 5.83. The van der Waals surface area contributed by atoms with E-state index >= 15 is 0 Å². The molecule has 1 fully saturated rings. The van der Waals surface area contributed by atoms with Gasteiger partial charge in [-0.15, -0.1) is 11.6 Å². The first-order valence-corrected chi connectivity index (χ1v) is 7.25. The predicted octanol–water partition coefficient (Wildman–Crippen LogP) is 2.85. The molecule has 1 aromatic carbocycles. The standard InChI is InChI=1S/C15H20ClNO2/c1-12-2-4-14(5-3-12)19-11-15(18)17-8-6-13(10-16)7-9-17/h2-5,13H,6-11H2,1H3. The van der Waals surface area contributed by atoms with E-state index in [4.69, 9.17) is 16.3 Å². The maximum absolute atomic E-state index is 12.0. The van der Waals surface area contributed by atoms with Crippen LogP contribution in [0.5, 0.6) is 5.75 Å². The van der Waals surface area contributed by atoms with Crippen LogP contribution in [0.3, 0.4) is 0 Å². The quantitative estimate of drug-likeness (QED) is 0.794. The molecule has 0 radical (unpaired) electrons. The van der Waals surface area contributed by atoms with Gasteiger partial charge in [-0.1, -0.05) is 17.7 Å². The van der Waals surface area contributed by atoms with E-state index in [1.807, 2.05) is 36.1 Å². The van der Waals surface area contributed by atoms with Gasteiger partial charge in [-0.05, 0) is 37.8 Å². The molecule has 1 amide bonds. The van der Waals surface area contributed by atoms with E-state index in [9.17, 15) is 4.79 Å². The van der Waals surface area contributed by atoms with Gasteiger partial charge in [0.25, 0.3) is 5.91 Å². The van der Waals surface area contributed by atoms with Crippen molar-refractivity contribution in [3.63, 3.8) is 0 Å². The summed E-state index contributed by atoms with van der Waals surface area (Å²) in [6.07, 6.45) is 2.00. The number of ether oxygens (including phenoxy) is 1. The molecule has 1 aliphatic heterocycles. The summed E-state index contributed by atoms with van der Waals surface area (Å²) in [6, 6.07) is 7.74. The van der Waals surface area contributed by atoms with E-state index in [1.165, 1.54) is 5.56 Å². The molecular weight excluding hydrogens is 262 g/mol. The second-order valence-electron chi connectivity index (χ2n) is 5.08. The third kappa shape index (κ3) is 4.13. The second-order valence-corrected chi connectivity index (χ2v) is 5.39. The summed E-state index contributed by atoms with van der Waals surface area (Å²) in [5, 5.41) is 0. The van der Waals surface area contributed by atoms with Crippen LogP contribution >= 0.6 is 11.6 Å². The smallest absolute Gasteiger partial charge is 0.260 e. The third-order valence-corrected chi connectivity index (χ3v) is 4.01. The number of nitrogens with zero attached hydrogens (tertiary/aromatic N) is 1. The Bertz CT molecular complexity index is 411. The summed E-state index contributed by atoms with van der Waals surface area (Å²) in [6.45, 7) is 3.74. The van der Waals surface area contributed by atoms with Crippen LogP contribution in [0.2, 0.25) is 0 Å². The van der Waals surface area contributed by atoms with Crippen LogP contribution in [-0.4, -0.2) is 36.4 Å². The van der Waals surface area contributed by atoms with Gasteiger partial charge in [0, 0.05) is 19.0 Å². The Morgan fingerprint density at radius 1 is 1.32 bits per heavy atom. The monoisotopic (exact) mass is 281 g/mol. The first-order chi connectivity index (χ1) is 9.19. The van der Waals surface area contributed by atoms with Crippen molar-refractivity contribution < 1.29 is 9.53 Å². The Labute approximate surface area is 119 Å². The maximum atomic E-state index is 12.0. The lowest BCUT2D eigenvalue weighted by Crippen LogP contribution is -2.41. The largest absolute Gasteiger partial charge is 0.484 e. The van der Waals surface area contributed by atoms with Crippen LogP contribution in [0.1, 0.15) is 18.4 Å². The van der Waals surface area contributed by atoms with Gasteiger partial charge in [0.15, 0.2) is 6.61 Å². The number of halogens is 1. The molecule has 0 spiro atoms. The highest BCUT2D eigenvalue weighted by Gasteiger charge is 2.22. The molecule has 0 aromatic heterocycles. The van der Waals surface area contributed by atoms with Crippen molar-refractivity contribution >= 4 is 17.5 Å². The lowest BCUT2D eigenvalue weighted by atomic mass is 9.99. The zero-order chi connectivity index (χ0) is 13.7. The summed E-state index contributed by atoms with van der Waals surface area (Å²) < 4.78 is 5.51. The van der Waals surface area contributed by atoms with Gasteiger partial charge in [0.1, 0.15) is 5.75 Å². The Kier molecular flexibility index (Phi) is 5.08. The van der Waals surface area contributed by atoms with E-state index in [0.717, 1.165) is 31.7 Å². The first-order valence-electron chi connectivity index (χ1n) is 6.72. The molecule has 19 heavy (non-hydrogen) atoms. The van der Waals surface area contributed by atoms with Crippen molar-refractivity contribution in [2.45, 2.75) is 19.8 Å². The average molecular weight is 282 g/mol. The van der Waals surface area contributed by atoms with Crippen molar-refractivity contribution in [3.05, 3.63) is 29.8 Å². The molecule has 2 rings (SSSR count). The summed E-state index contributed by atoms with van der Waals surface area (Å²) in [4.78, 5) is 13.9. The molecule has 0 aliphatic carbocycles. The van der Waals surface area contributed by atoms with Gasteiger partial charge in [-0.2, -0.15) is 0 Å². The van der Waals surface area contributed by atoms with Gasteiger partial charge >= 0.3 is 0 Å². The van der Waals surface area contributed by atoms with Crippen molar-refractivity contribution in [2.24, 2.45) is 5.92 Å². The Hall–Kier alpha value is -1.22. The Balaban J connectivity index is 1.77. The number of carbonyl (C=O) groups is 1. The second kappa shape index (κ2) is 6.80. The maximum Gasteiger partial charge on any atom is 0.260 e. The van der Waals surface area contributed by atoms with Gasteiger partial charge < -0.3 is 9.64 Å². The molecule has 0 atom stereocenters. The lowest BCUT2D eigenvalue weighted by Gasteiger charge is -2.31. The molecule has 1 heterocycles. The molecule has 0 unspecified atom stereocenters. The fourth-order valence-corrected chi connectivity index (χ4v) is 2.52. The SMILES string of the molecule is Cc1ccc(OCC(=O)N2CCC(CCl)CC2)cc1. The molecule has 1 aliphatic rings. The number of piperidine rings is 1. The zero-order valence-electron chi connectivity index (χ0n) is 11.3. The summed E-state index contributed by atoms with van der Waals surface area (Å²) in [5.41, 5.74) is 1.18. The van der Waals surface area contributed by atoms with Gasteiger partial charge in [-0.3, -0.25) is 4.79 Å². The highest BCUT2D eigenvalue weighted by molar-refractivity contribution is 6.18. The van der Waals surface area contributed by atoms with Crippen LogP contribution in [0, 0.1) is 12.8 Å². The minimum absolute atomic E-state index is 0.0635. The number of hydrogen-bond acceptors (Lipinski definition) is 2. The van der Waals surface area contributed by atoms with Crippen LogP contribution in [0.4, 0.5) is 0 Å². The van der Waals surface area contributed by atoms with E-state index in [2.05, 4.69) is 0 Å². The topological polar surface area (TPSA) is 29.5 Å². The predicted molar refractivity (Wildman–Crippen MR) is 76.7 cm³/mol. The molecule has 0 N–H and O–H groups in total. The number of likely N-dealkylation sites (tertiary alicyclic amines) is 1. The van der Waals surface area contributed by atoms with Gasteiger partial charge in [-0.25, -0.2) is 0 Å². The lowest BCUT2D eigenvalue weighted by molar-refractivity contribution is -0.134. The molecule has 3 nitrogen and oxygen atoms in total. The number of hydrogen-bond donors (Lipinski definition) is 0. The third-order valence-electron chi connectivity index (χ3n) is 3.57. The van der Waals surface area contributed by atoms with Crippen LogP contribution in [0.25, 0.3) is 0 Å². The van der Waals surface area contributed by atoms with Crippen molar-refractivity contribution in [1.82, 2.24) is 4.90 Å². The minimum atomic E-state index is 0.0635. The van der Waals surface area contributed by atoms with E-state index in [0.29, 0.717) is 11.8 Å². The molecule has 4 heteroatoms. The highest BCUT2D eigenvalue weighted by atomic mass is 35.5. The molecule has 1 saturated heterocycles. The first kappa shape index (κ1) is 14.2. The van der Waals surface area contributed by atoms with Crippen LogP contribution < -0.4 is 4.74 Å². The van der Waals surface area contributed by atoms with Gasteiger partial charge in [0.2, 0.25) is 0 Å². The molecule has 104 valence electrons. The zero-order valence-corrected chi connectivity index (χ0v) is 12.0. The fraction of sp³-hybridized carbons (Fsp3) is 0.533. The number of alkyl halides is 1. The van der Waals surface area contributed by atoms with E-state index < -0.39 is 0 Å². The Morgan fingerprint density at radius 2 is 1.95 bits per heavy atom. The molecule has 1 aromatic rings. The van der Waals surface area contributed by atoms with Crippen molar-refractivity contribution in [1.29, 1.82) is 0 Å². The number of carbonyl (C=O) groups excluding carboxylic acids is 1. The number of amides is 1. The van der Waals surface area contributed by atoms with E-state index in [1.54, 1.807) is 0 Å². The number of aryl methyl sites for hydroxylation is 1. The van der Waals surface area contributed by atoms with Crippen molar-refractivity contribution in [3.8, 4) is 5.75 Å². The molecular formula is C15H20ClNO2. The van der Waals surface area contributed by atoms with E-state index in [-0.39, 0.29) is 12.5 Å². The molecule has 0 saturated carbocycles. The summed E-state index contributed by atoms with van der Waals surface area (Å²) in [5.74, 6) is 2.06. The van der Waals surface area contributed by atoms with Crippen LogP contribution in [0.15, 0.2) is 24.3 Å². The molecule has 0 bridgehead atoms. The fourth-order valence-electron chi connectivity index (χ4n) is 2.21. The minimum Gasteiger partial charge on any atom is -0.484 e. The normalized spacial score (nSPS) is 16.4. The number of rotatable bonds is 4.